The van der Waals surface area contributed by atoms with Crippen molar-refractivity contribution in [3.8, 4) is 0 Å². The standard InChI is InChI=1S/C5H10F2N2.2ClH/c6-5(7)1-4(2-5)3-9-8;;/h4,9H,1-3,8H2;2*1H. The van der Waals surface area contributed by atoms with Crippen LogP contribution >= 0.6 is 24.8 Å². The maximum Gasteiger partial charge on any atom is 0.248 e. The summed E-state index contributed by atoms with van der Waals surface area (Å²) in [6.07, 6.45) is -0.00556. The number of alkyl halides is 2. The molecule has 1 aliphatic rings. The summed E-state index contributed by atoms with van der Waals surface area (Å²) in [5, 5.41) is 0. The molecule has 0 bridgehead atoms. The number of hydrogen-bond donors (Lipinski definition) is 2. The monoisotopic (exact) mass is 208 g/mol. The Labute approximate surface area is 76.7 Å². The minimum Gasteiger partial charge on any atom is -0.271 e. The molecule has 0 spiro atoms. The number of nitrogens with two attached hydrogens (primary N) is 1. The number of halogens is 4. The molecule has 1 fully saturated rings. The molecule has 0 radical (unpaired) electrons. The summed E-state index contributed by atoms with van der Waals surface area (Å²) >= 11 is 0. The Kier molecular flexibility index (Phi) is 6.43. The lowest BCUT2D eigenvalue weighted by atomic mass is 9.81. The molecule has 0 amide bonds. The molecular formula is C5H12Cl2F2N2. The largest absolute Gasteiger partial charge is 0.271 e. The van der Waals surface area contributed by atoms with Gasteiger partial charge < -0.3 is 0 Å². The predicted octanol–water partition coefficient (Wildman–Crippen LogP) is 1.34. The summed E-state index contributed by atoms with van der Waals surface area (Å²) in [5.74, 6) is 2.62. The van der Waals surface area contributed by atoms with E-state index in [1.54, 1.807) is 0 Å². The van der Waals surface area contributed by atoms with E-state index in [9.17, 15) is 8.78 Å². The summed E-state index contributed by atoms with van der Waals surface area (Å²) in [4.78, 5) is 0. The van der Waals surface area contributed by atoms with Crippen LogP contribution in [0.3, 0.4) is 0 Å². The van der Waals surface area contributed by atoms with Gasteiger partial charge in [0.15, 0.2) is 0 Å². The Balaban J connectivity index is 0. The Morgan fingerprint density at radius 2 is 1.82 bits per heavy atom. The first-order valence-electron chi connectivity index (χ1n) is 2.95. The zero-order valence-electron chi connectivity index (χ0n) is 5.85. The van der Waals surface area contributed by atoms with Crippen molar-refractivity contribution in [2.24, 2.45) is 11.8 Å². The van der Waals surface area contributed by atoms with Gasteiger partial charge in [-0.25, -0.2) is 8.78 Å². The lowest BCUT2D eigenvalue weighted by Crippen LogP contribution is -2.42. The van der Waals surface area contributed by atoms with Gasteiger partial charge in [0.2, 0.25) is 5.92 Å². The number of nitrogens with one attached hydrogen (secondary N) is 1. The normalized spacial score (nSPS) is 21.0. The number of rotatable bonds is 2. The first kappa shape index (κ1) is 13.9. The van der Waals surface area contributed by atoms with Gasteiger partial charge in [0.25, 0.3) is 0 Å². The SMILES string of the molecule is Cl.Cl.NNCC1CC(F)(F)C1. The van der Waals surface area contributed by atoms with Crippen LogP contribution in [0.15, 0.2) is 0 Å². The van der Waals surface area contributed by atoms with E-state index in [4.69, 9.17) is 5.84 Å². The van der Waals surface area contributed by atoms with Gasteiger partial charge in [-0.05, 0) is 5.92 Å². The van der Waals surface area contributed by atoms with Crippen LogP contribution in [0.4, 0.5) is 8.78 Å². The van der Waals surface area contributed by atoms with E-state index in [0.29, 0.717) is 6.54 Å². The average Bonchev–Trinajstić information content (AvgIpc) is 1.62. The Morgan fingerprint density at radius 3 is 2.09 bits per heavy atom. The van der Waals surface area contributed by atoms with Crippen LogP contribution in [0.5, 0.6) is 0 Å². The molecule has 6 heteroatoms. The van der Waals surface area contributed by atoms with Crippen LogP contribution in [-0.4, -0.2) is 12.5 Å². The lowest BCUT2D eigenvalue weighted by Gasteiger charge is -2.34. The van der Waals surface area contributed by atoms with E-state index < -0.39 is 5.92 Å². The summed E-state index contributed by atoms with van der Waals surface area (Å²) in [6.45, 7) is 0.510. The van der Waals surface area contributed by atoms with E-state index in [1.165, 1.54) is 0 Å². The molecule has 0 aliphatic heterocycles. The van der Waals surface area contributed by atoms with Gasteiger partial charge >= 0.3 is 0 Å². The van der Waals surface area contributed by atoms with Crippen molar-refractivity contribution in [2.75, 3.05) is 6.54 Å². The molecule has 70 valence electrons. The van der Waals surface area contributed by atoms with Crippen molar-refractivity contribution in [3.63, 3.8) is 0 Å². The van der Waals surface area contributed by atoms with E-state index in [0.717, 1.165) is 0 Å². The molecule has 0 aromatic rings. The molecule has 0 atom stereocenters. The van der Waals surface area contributed by atoms with Crippen LogP contribution < -0.4 is 11.3 Å². The number of hydrogen-bond acceptors (Lipinski definition) is 2. The molecular weight excluding hydrogens is 197 g/mol. The van der Waals surface area contributed by atoms with Crippen molar-refractivity contribution in [2.45, 2.75) is 18.8 Å². The van der Waals surface area contributed by atoms with Crippen LogP contribution in [0, 0.1) is 5.92 Å². The van der Waals surface area contributed by atoms with Crippen LogP contribution in [0.1, 0.15) is 12.8 Å². The van der Waals surface area contributed by atoms with Crippen molar-refractivity contribution < 1.29 is 8.78 Å². The molecule has 1 aliphatic carbocycles. The zero-order valence-corrected chi connectivity index (χ0v) is 7.48. The van der Waals surface area contributed by atoms with E-state index in [1.807, 2.05) is 0 Å². The molecule has 0 saturated heterocycles. The third-order valence-electron chi connectivity index (χ3n) is 1.58. The molecule has 0 aromatic carbocycles. The topological polar surface area (TPSA) is 38.0 Å². The molecule has 2 nitrogen and oxygen atoms in total. The molecule has 1 saturated carbocycles. The maximum atomic E-state index is 12.0. The van der Waals surface area contributed by atoms with E-state index >= 15 is 0 Å². The highest BCUT2D eigenvalue weighted by Gasteiger charge is 2.44. The maximum absolute atomic E-state index is 12.0. The third-order valence-corrected chi connectivity index (χ3v) is 1.58. The van der Waals surface area contributed by atoms with Crippen molar-refractivity contribution >= 4 is 24.8 Å². The second-order valence-corrected chi connectivity index (χ2v) is 2.54. The first-order valence-corrected chi connectivity index (χ1v) is 2.95. The highest BCUT2D eigenvalue weighted by molar-refractivity contribution is 5.85. The minimum absolute atomic E-state index is 0. The Morgan fingerprint density at radius 1 is 1.36 bits per heavy atom. The highest BCUT2D eigenvalue weighted by Crippen LogP contribution is 2.41. The lowest BCUT2D eigenvalue weighted by molar-refractivity contribution is -0.109. The Bertz CT molecular complexity index is 105. The summed E-state index contributed by atoms with van der Waals surface area (Å²) < 4.78 is 24.1. The van der Waals surface area contributed by atoms with E-state index in [-0.39, 0.29) is 43.6 Å². The highest BCUT2D eigenvalue weighted by atomic mass is 35.5. The van der Waals surface area contributed by atoms with Crippen LogP contribution in [0.2, 0.25) is 0 Å². The molecule has 11 heavy (non-hydrogen) atoms. The molecule has 1 rings (SSSR count). The van der Waals surface area contributed by atoms with Gasteiger partial charge in [0.1, 0.15) is 0 Å². The molecule has 3 N–H and O–H groups in total. The predicted molar refractivity (Wildman–Crippen MR) is 44.4 cm³/mol. The fourth-order valence-corrected chi connectivity index (χ4v) is 1.10. The molecule has 0 aromatic heterocycles. The smallest absolute Gasteiger partial charge is 0.248 e. The van der Waals surface area contributed by atoms with Crippen molar-refractivity contribution in [1.82, 2.24) is 5.43 Å². The fourth-order valence-electron chi connectivity index (χ4n) is 1.10. The summed E-state index contributed by atoms with van der Waals surface area (Å²) in [6, 6.07) is 0. The van der Waals surface area contributed by atoms with Crippen LogP contribution in [-0.2, 0) is 0 Å². The van der Waals surface area contributed by atoms with Gasteiger partial charge in [-0.15, -0.1) is 24.8 Å². The summed E-state index contributed by atoms with van der Waals surface area (Å²) in [7, 11) is 0. The summed E-state index contributed by atoms with van der Waals surface area (Å²) in [5.41, 5.74) is 2.37. The second kappa shape index (κ2) is 5.09. The Hall–Kier alpha value is 0.360. The van der Waals surface area contributed by atoms with Crippen molar-refractivity contribution in [1.29, 1.82) is 0 Å². The zero-order chi connectivity index (χ0) is 6.91. The van der Waals surface area contributed by atoms with Gasteiger partial charge in [0.05, 0.1) is 0 Å². The first-order chi connectivity index (χ1) is 4.14. The third kappa shape index (κ3) is 4.06. The second-order valence-electron chi connectivity index (χ2n) is 2.54. The fraction of sp³-hybridized carbons (Fsp3) is 1.00. The van der Waals surface area contributed by atoms with Gasteiger partial charge in [-0.1, -0.05) is 0 Å². The molecule has 0 heterocycles. The van der Waals surface area contributed by atoms with Crippen LogP contribution in [0.25, 0.3) is 0 Å². The van der Waals surface area contributed by atoms with Crippen molar-refractivity contribution in [3.05, 3.63) is 0 Å². The quantitative estimate of drug-likeness (QED) is 0.532. The van der Waals surface area contributed by atoms with Gasteiger partial charge in [-0.2, -0.15) is 0 Å². The van der Waals surface area contributed by atoms with Gasteiger partial charge in [-0.3, -0.25) is 11.3 Å². The van der Waals surface area contributed by atoms with E-state index in [2.05, 4.69) is 5.43 Å². The average molecular weight is 209 g/mol. The van der Waals surface area contributed by atoms with Gasteiger partial charge in [0, 0.05) is 19.4 Å². The molecule has 0 unspecified atom stereocenters. The number of hydrazine groups is 1. The minimum atomic E-state index is -2.40.